The lowest BCUT2D eigenvalue weighted by Crippen LogP contribution is -2.11. The van der Waals surface area contributed by atoms with Crippen LogP contribution >= 0.6 is 0 Å². The molecule has 12 aromatic carbocycles. The average Bonchev–Trinajstić information content (AvgIpc) is 3.74. The Balaban J connectivity index is 1.03. The summed E-state index contributed by atoms with van der Waals surface area (Å²) in [5.74, 6) is 0. The van der Waals surface area contributed by atoms with E-state index in [0.29, 0.717) is 0 Å². The summed E-state index contributed by atoms with van der Waals surface area (Å²) < 4.78 is 6.78. The van der Waals surface area contributed by atoms with Gasteiger partial charge >= 0.3 is 0 Å². The van der Waals surface area contributed by atoms with Gasteiger partial charge in [0.2, 0.25) is 0 Å². The maximum Gasteiger partial charge on any atom is 0.143 e. The third-order valence-corrected chi connectivity index (χ3v) is 13.0. The summed E-state index contributed by atoms with van der Waals surface area (Å²) in [5.41, 5.74) is 9.89. The third kappa shape index (κ3) is 5.37. The Kier molecular flexibility index (Phi) is 7.64. The number of fused-ring (bicyclic) bond motifs is 11. The molecular weight excluding hydrogens is 751 g/mol. The maximum atomic E-state index is 6.78. The van der Waals surface area contributed by atoms with Crippen molar-refractivity contribution in [2.24, 2.45) is 0 Å². The Labute approximate surface area is 358 Å². The molecule has 13 rings (SSSR count). The van der Waals surface area contributed by atoms with Crippen molar-refractivity contribution in [3.63, 3.8) is 0 Å². The van der Waals surface area contributed by atoms with Gasteiger partial charge < -0.3 is 9.32 Å². The van der Waals surface area contributed by atoms with Gasteiger partial charge in [-0.1, -0.05) is 170 Å². The van der Waals surface area contributed by atoms with E-state index in [0.717, 1.165) is 44.4 Å². The molecule has 0 aliphatic carbocycles. The molecule has 0 aliphatic rings. The first-order valence-electron chi connectivity index (χ1n) is 21.3. The summed E-state index contributed by atoms with van der Waals surface area (Å²) in [6.45, 7) is 0. The molecule has 2 nitrogen and oxygen atoms in total. The molecule has 0 spiro atoms. The van der Waals surface area contributed by atoms with E-state index in [9.17, 15) is 0 Å². The van der Waals surface area contributed by atoms with Crippen molar-refractivity contribution in [1.82, 2.24) is 0 Å². The van der Waals surface area contributed by atoms with E-state index in [-0.39, 0.29) is 0 Å². The predicted octanol–water partition coefficient (Wildman–Crippen LogP) is 17.3. The van der Waals surface area contributed by atoms with Gasteiger partial charge in [-0.2, -0.15) is 0 Å². The fraction of sp³-hybridized carbons (Fsp3) is 0. The molecule has 0 radical (unpaired) electrons. The molecule has 0 aliphatic heterocycles. The van der Waals surface area contributed by atoms with Crippen LogP contribution in [-0.4, -0.2) is 0 Å². The van der Waals surface area contributed by atoms with Gasteiger partial charge in [-0.25, -0.2) is 0 Å². The number of anilines is 3. The van der Waals surface area contributed by atoms with Crippen molar-refractivity contribution in [3.05, 3.63) is 224 Å². The largest absolute Gasteiger partial charge is 0.455 e. The number of hydrogen-bond donors (Lipinski definition) is 0. The molecule has 0 saturated carbocycles. The van der Waals surface area contributed by atoms with Gasteiger partial charge in [-0.05, 0) is 131 Å². The molecule has 0 saturated heterocycles. The van der Waals surface area contributed by atoms with Crippen LogP contribution < -0.4 is 4.90 Å². The van der Waals surface area contributed by atoms with E-state index < -0.39 is 0 Å². The molecule has 0 fully saturated rings. The van der Waals surface area contributed by atoms with Crippen LogP contribution in [0.5, 0.6) is 0 Å². The lowest BCUT2D eigenvalue weighted by atomic mass is 9.92. The Morgan fingerprint density at radius 3 is 1.69 bits per heavy atom. The second-order valence-corrected chi connectivity index (χ2v) is 16.4. The normalized spacial score (nSPS) is 11.9. The second-order valence-electron chi connectivity index (χ2n) is 16.4. The van der Waals surface area contributed by atoms with Crippen LogP contribution in [0.25, 0.3) is 109 Å². The topological polar surface area (TPSA) is 16.4 Å². The summed E-state index contributed by atoms with van der Waals surface area (Å²) >= 11 is 0. The summed E-state index contributed by atoms with van der Waals surface area (Å²) in [7, 11) is 0. The van der Waals surface area contributed by atoms with E-state index >= 15 is 0 Å². The highest BCUT2D eigenvalue weighted by molar-refractivity contribution is 6.21. The summed E-state index contributed by atoms with van der Waals surface area (Å²) in [6.07, 6.45) is 0. The van der Waals surface area contributed by atoms with Crippen molar-refractivity contribution in [2.75, 3.05) is 4.90 Å². The van der Waals surface area contributed by atoms with E-state index in [4.69, 9.17) is 4.42 Å². The molecular formula is C60H37NO. The third-order valence-electron chi connectivity index (χ3n) is 13.0. The van der Waals surface area contributed by atoms with Crippen LogP contribution in [0.2, 0.25) is 0 Å². The van der Waals surface area contributed by atoms with Gasteiger partial charge in [-0.3, -0.25) is 0 Å². The zero-order chi connectivity index (χ0) is 40.7. The van der Waals surface area contributed by atoms with Crippen molar-refractivity contribution in [3.8, 4) is 22.3 Å². The number of benzene rings is 12. The Morgan fingerprint density at radius 2 is 0.871 bits per heavy atom. The van der Waals surface area contributed by atoms with Gasteiger partial charge in [-0.15, -0.1) is 0 Å². The highest BCUT2D eigenvalue weighted by atomic mass is 16.3. The smallest absolute Gasteiger partial charge is 0.143 e. The molecule has 13 aromatic rings. The van der Waals surface area contributed by atoms with Crippen molar-refractivity contribution >= 4 is 104 Å². The molecule has 288 valence electrons. The molecule has 0 atom stereocenters. The first-order chi connectivity index (χ1) is 30.7. The van der Waals surface area contributed by atoms with Crippen molar-refractivity contribution in [1.29, 1.82) is 0 Å². The second kappa shape index (κ2) is 13.7. The Bertz CT molecular complexity index is 3950. The SMILES string of the molecule is c1ccc2cc(-c3ccc(N(c4ccc5cc(-c6cc7ccccc7c7ccccc67)ccc5c4)c4cccc5oc6c7ccccc7ccc6c45)c4ccccc34)ccc2c1. The van der Waals surface area contributed by atoms with Crippen LogP contribution in [0.15, 0.2) is 229 Å². The predicted molar refractivity (Wildman–Crippen MR) is 264 cm³/mol. The summed E-state index contributed by atoms with van der Waals surface area (Å²) in [4.78, 5) is 2.45. The van der Waals surface area contributed by atoms with Crippen molar-refractivity contribution in [2.45, 2.75) is 0 Å². The Morgan fingerprint density at radius 1 is 0.290 bits per heavy atom. The number of rotatable bonds is 5. The summed E-state index contributed by atoms with van der Waals surface area (Å²) in [5, 5.41) is 16.8. The monoisotopic (exact) mass is 787 g/mol. The highest BCUT2D eigenvalue weighted by Gasteiger charge is 2.23. The zero-order valence-electron chi connectivity index (χ0n) is 33.7. The standard InChI is InChI=1S/C60H37NO/c1-2-14-40-34-44(26-24-38(40)12-1)48-32-33-56(53-21-10-9-19-51(48)53)61(57-22-11-23-58-59(57)54-31-29-39-13-3-6-17-49(39)60(54)62-58)46-30-28-41-35-45(27-25-42(41)36-46)55-37-43-15-4-5-16-47(43)50-18-7-8-20-52(50)55/h1-37H. The molecule has 1 aromatic heterocycles. The molecule has 0 bridgehead atoms. The molecule has 0 amide bonds. The first-order valence-corrected chi connectivity index (χ1v) is 21.3. The van der Waals surface area contributed by atoms with E-state index in [1.165, 1.54) is 81.5 Å². The highest BCUT2D eigenvalue weighted by Crippen LogP contribution is 2.48. The Hall–Kier alpha value is -8.20. The molecule has 0 N–H and O–H groups in total. The lowest BCUT2D eigenvalue weighted by molar-refractivity contribution is 0.672. The summed E-state index contributed by atoms with van der Waals surface area (Å²) in [6, 6.07) is 81.9. The molecule has 1 heterocycles. The van der Waals surface area contributed by atoms with E-state index in [1.807, 2.05) is 0 Å². The molecule has 62 heavy (non-hydrogen) atoms. The van der Waals surface area contributed by atoms with Gasteiger partial charge in [0, 0.05) is 21.8 Å². The van der Waals surface area contributed by atoms with Crippen molar-refractivity contribution < 1.29 is 4.42 Å². The number of nitrogens with zero attached hydrogens (tertiary/aromatic N) is 1. The van der Waals surface area contributed by atoms with E-state index in [2.05, 4.69) is 229 Å². The maximum absolute atomic E-state index is 6.78. The first kappa shape index (κ1) is 34.6. The van der Waals surface area contributed by atoms with Gasteiger partial charge in [0.05, 0.1) is 16.8 Å². The van der Waals surface area contributed by atoms with E-state index in [1.54, 1.807) is 0 Å². The molecule has 2 heteroatoms. The zero-order valence-corrected chi connectivity index (χ0v) is 33.7. The minimum Gasteiger partial charge on any atom is -0.455 e. The van der Waals surface area contributed by atoms with Gasteiger partial charge in [0.15, 0.2) is 0 Å². The minimum absolute atomic E-state index is 0.865. The molecule has 0 unspecified atom stereocenters. The fourth-order valence-electron chi connectivity index (χ4n) is 10.0. The van der Waals surface area contributed by atoms with Gasteiger partial charge in [0.1, 0.15) is 11.2 Å². The van der Waals surface area contributed by atoms with Crippen LogP contribution in [0, 0.1) is 0 Å². The van der Waals surface area contributed by atoms with Gasteiger partial charge in [0.25, 0.3) is 0 Å². The van der Waals surface area contributed by atoms with Crippen LogP contribution in [0.1, 0.15) is 0 Å². The quantitative estimate of drug-likeness (QED) is 0.162. The lowest BCUT2D eigenvalue weighted by Gasteiger charge is -2.28. The fourth-order valence-corrected chi connectivity index (χ4v) is 10.0. The minimum atomic E-state index is 0.865. The number of hydrogen-bond acceptors (Lipinski definition) is 2. The van der Waals surface area contributed by atoms with Crippen LogP contribution in [-0.2, 0) is 0 Å². The van der Waals surface area contributed by atoms with Crippen LogP contribution in [0.3, 0.4) is 0 Å². The van der Waals surface area contributed by atoms with Crippen LogP contribution in [0.4, 0.5) is 17.1 Å². The average molecular weight is 788 g/mol. The number of furan rings is 1.